The van der Waals surface area contributed by atoms with Gasteiger partial charge in [-0.15, -0.1) is 0 Å². The molecule has 0 aromatic carbocycles. The monoisotopic (exact) mass is 748 g/mol. The first-order chi connectivity index (χ1) is 25.2. The van der Waals surface area contributed by atoms with Crippen LogP contribution in [0.15, 0.2) is 43.7 Å². The van der Waals surface area contributed by atoms with Gasteiger partial charge in [-0.2, -0.15) is 0 Å². The van der Waals surface area contributed by atoms with Crippen LogP contribution < -0.4 is 22.5 Å². The Bertz CT molecular complexity index is 1710. The summed E-state index contributed by atoms with van der Waals surface area (Å²) in [5, 5.41) is 0. The maximum atomic E-state index is 12.4. The molecule has 3 aliphatic rings. The zero-order valence-electron chi connectivity index (χ0n) is 31.6. The molecule has 0 amide bonds. The quantitative estimate of drug-likeness (QED) is 0.253. The Kier molecular flexibility index (Phi) is 15.4. The lowest BCUT2D eigenvalue weighted by atomic mass is 9.97. The third kappa shape index (κ3) is 12.9. The van der Waals surface area contributed by atoms with Gasteiger partial charge in [0.25, 0.3) is 11.1 Å². The van der Waals surface area contributed by atoms with Crippen LogP contribution in [0, 0.1) is 0 Å². The van der Waals surface area contributed by atoms with Crippen LogP contribution in [0.3, 0.4) is 0 Å². The minimum Gasteiger partial charge on any atom is -0.461 e. The molecule has 2 aromatic heterocycles. The van der Waals surface area contributed by atoms with E-state index in [1.165, 1.54) is 47.2 Å². The second kappa shape index (κ2) is 19.5. The summed E-state index contributed by atoms with van der Waals surface area (Å²) in [5.74, 6) is -0.825. The number of carbonyl (C=O) groups excluding carboxylic acids is 2. The molecule has 3 unspecified atom stereocenters. The number of hydrogen-bond donors (Lipinski definition) is 2. The molecular weight excluding hydrogens is 692 g/mol. The number of ether oxygens (including phenoxy) is 6. The van der Waals surface area contributed by atoms with Crippen molar-refractivity contribution in [2.45, 2.75) is 153 Å². The second-order valence-corrected chi connectivity index (χ2v) is 14.9. The molecule has 1 aliphatic heterocycles. The van der Waals surface area contributed by atoms with Crippen molar-refractivity contribution in [3.8, 4) is 0 Å². The molecule has 3 heterocycles. The van der Waals surface area contributed by atoms with E-state index in [1.54, 1.807) is 27.7 Å². The van der Waals surface area contributed by atoms with Crippen molar-refractivity contribution < 1.29 is 38.0 Å². The summed E-state index contributed by atoms with van der Waals surface area (Å²) >= 11 is 0. The number of esters is 2. The van der Waals surface area contributed by atoms with E-state index in [0.29, 0.717) is 25.8 Å². The molecule has 5 rings (SSSR count). The van der Waals surface area contributed by atoms with Gasteiger partial charge in [0.1, 0.15) is 19.4 Å². The van der Waals surface area contributed by atoms with Crippen molar-refractivity contribution in [1.29, 1.82) is 0 Å². The summed E-state index contributed by atoms with van der Waals surface area (Å²) in [5.41, 5.74) is -3.85. The predicted octanol–water partition coefficient (Wildman–Crippen LogP) is 3.11. The Labute approximate surface area is 308 Å². The van der Waals surface area contributed by atoms with Crippen LogP contribution >= 0.6 is 0 Å². The van der Waals surface area contributed by atoms with E-state index in [-0.39, 0.29) is 37.6 Å². The molecule has 53 heavy (non-hydrogen) atoms. The summed E-state index contributed by atoms with van der Waals surface area (Å²) in [6.45, 7) is 7.44. The smallest absolute Gasteiger partial charge is 0.337 e. The average Bonchev–Trinajstić information content (AvgIpc) is 3.80. The van der Waals surface area contributed by atoms with Crippen LogP contribution in [-0.2, 0) is 44.6 Å². The number of methoxy groups -OCH3 is 1. The van der Waals surface area contributed by atoms with Gasteiger partial charge in [-0.1, -0.05) is 32.1 Å². The number of nitrogens with one attached hydrogen (secondary N) is 2. The zero-order chi connectivity index (χ0) is 38.6. The first-order valence-corrected chi connectivity index (χ1v) is 18.7. The van der Waals surface area contributed by atoms with Crippen molar-refractivity contribution in [2.24, 2.45) is 0 Å². The Morgan fingerprint density at radius 2 is 1.32 bits per heavy atom. The Hall–Kier alpha value is -3.86. The van der Waals surface area contributed by atoms with Gasteiger partial charge in [-0.05, 0) is 72.6 Å². The van der Waals surface area contributed by atoms with Crippen LogP contribution in [-0.4, -0.2) is 87.0 Å². The van der Waals surface area contributed by atoms with Gasteiger partial charge in [-0.3, -0.25) is 24.1 Å². The van der Waals surface area contributed by atoms with Gasteiger partial charge in [0.15, 0.2) is 11.2 Å². The molecule has 0 spiro atoms. The van der Waals surface area contributed by atoms with Crippen molar-refractivity contribution in [3.63, 3.8) is 0 Å². The molecule has 2 N–H and O–H groups in total. The highest BCUT2D eigenvalue weighted by Crippen LogP contribution is 2.29. The lowest BCUT2D eigenvalue weighted by Crippen LogP contribution is -2.41. The molecule has 2 aromatic rings. The lowest BCUT2D eigenvalue weighted by Gasteiger charge is -2.31. The van der Waals surface area contributed by atoms with Crippen LogP contribution in [0.4, 0.5) is 0 Å². The van der Waals surface area contributed by atoms with E-state index in [4.69, 9.17) is 28.4 Å². The SMILES string of the molecule is CC(C)(OC1CCCCC1)C(=O)OCC1CCC(n2ccc(=O)[nH]c2=O)O1.COC(CCn1ccc(=O)[nH]c1=O)COC(=O)C(C)(C)OC1CCCC1. The molecule has 2 aliphatic carbocycles. The number of nitrogens with zero attached hydrogens (tertiary/aromatic N) is 2. The van der Waals surface area contributed by atoms with Crippen molar-refractivity contribution in [3.05, 3.63) is 66.2 Å². The molecule has 16 heteroatoms. The molecule has 3 atom stereocenters. The highest BCUT2D eigenvalue weighted by molar-refractivity contribution is 5.79. The predicted molar refractivity (Wildman–Crippen MR) is 193 cm³/mol. The fourth-order valence-electron chi connectivity index (χ4n) is 6.64. The molecular formula is C37H56N4O12. The maximum Gasteiger partial charge on any atom is 0.337 e. The van der Waals surface area contributed by atoms with Gasteiger partial charge >= 0.3 is 23.3 Å². The van der Waals surface area contributed by atoms with E-state index < -0.39 is 51.9 Å². The standard InChI is InChI=1S/C19H28N2O6.C18H28N2O6/c1-19(2,27-13-6-4-3-5-7-13)17(23)25-12-14-8-9-16(26-14)21-11-10-15(22)20-18(21)24;1-18(2,26-13-6-4-5-7-13)16(22)25-12-14(24-3)8-10-20-11-9-15(21)19-17(20)23/h10-11,13-14,16H,3-9,12H2,1-2H3,(H,20,22,24);9,11,13-14H,4-8,10,12H2,1-3H3,(H,19,21,23). The lowest BCUT2D eigenvalue weighted by molar-refractivity contribution is -0.180. The Morgan fingerprint density at radius 3 is 1.89 bits per heavy atom. The average molecular weight is 749 g/mol. The largest absolute Gasteiger partial charge is 0.461 e. The fourth-order valence-corrected chi connectivity index (χ4v) is 6.64. The van der Waals surface area contributed by atoms with Gasteiger partial charge in [0, 0.05) is 38.2 Å². The van der Waals surface area contributed by atoms with Crippen LogP contribution in [0.5, 0.6) is 0 Å². The van der Waals surface area contributed by atoms with Crippen molar-refractivity contribution >= 4 is 11.9 Å². The van der Waals surface area contributed by atoms with E-state index in [9.17, 15) is 28.8 Å². The van der Waals surface area contributed by atoms with E-state index >= 15 is 0 Å². The van der Waals surface area contributed by atoms with Crippen LogP contribution in [0.2, 0.25) is 0 Å². The second-order valence-electron chi connectivity index (χ2n) is 14.9. The number of carbonyl (C=O) groups is 2. The molecule has 1 saturated heterocycles. The van der Waals surface area contributed by atoms with Crippen LogP contribution in [0.1, 0.15) is 111 Å². The van der Waals surface area contributed by atoms with E-state index in [1.807, 2.05) is 0 Å². The summed E-state index contributed by atoms with van der Waals surface area (Å²) in [7, 11) is 1.52. The van der Waals surface area contributed by atoms with Gasteiger partial charge in [0.05, 0.1) is 24.4 Å². The van der Waals surface area contributed by atoms with E-state index in [2.05, 4.69) is 9.97 Å². The van der Waals surface area contributed by atoms with Gasteiger partial charge < -0.3 is 33.0 Å². The first kappa shape index (κ1) is 41.9. The number of hydrogen-bond acceptors (Lipinski definition) is 12. The fraction of sp³-hybridized carbons (Fsp3) is 0.730. The summed E-state index contributed by atoms with van der Waals surface area (Å²) in [6, 6.07) is 2.56. The first-order valence-electron chi connectivity index (χ1n) is 18.7. The number of aromatic amines is 2. The third-order valence-corrected chi connectivity index (χ3v) is 9.73. The highest BCUT2D eigenvalue weighted by atomic mass is 16.6. The Balaban J connectivity index is 0.000000237. The number of aryl methyl sites for hydroxylation is 1. The zero-order valence-corrected chi connectivity index (χ0v) is 31.6. The van der Waals surface area contributed by atoms with Crippen molar-refractivity contribution in [1.82, 2.24) is 19.1 Å². The molecule has 0 radical (unpaired) electrons. The topological polar surface area (TPSA) is 199 Å². The molecule has 296 valence electrons. The number of aromatic nitrogens is 4. The number of H-pyrrole nitrogens is 2. The summed E-state index contributed by atoms with van der Waals surface area (Å²) in [4.78, 5) is 74.9. The van der Waals surface area contributed by atoms with Crippen molar-refractivity contribution in [2.75, 3.05) is 20.3 Å². The van der Waals surface area contributed by atoms with Gasteiger partial charge in [-0.25, -0.2) is 19.2 Å². The summed E-state index contributed by atoms with van der Waals surface area (Å²) in [6.07, 6.45) is 13.4. The van der Waals surface area contributed by atoms with Gasteiger partial charge in [0.2, 0.25) is 0 Å². The third-order valence-electron chi connectivity index (χ3n) is 9.73. The summed E-state index contributed by atoms with van der Waals surface area (Å²) < 4.78 is 36.5. The highest BCUT2D eigenvalue weighted by Gasteiger charge is 2.37. The van der Waals surface area contributed by atoms with E-state index in [0.717, 1.165) is 51.4 Å². The maximum absolute atomic E-state index is 12.4. The minimum atomic E-state index is -0.997. The molecule has 16 nitrogen and oxygen atoms in total. The normalized spacial score (nSPS) is 20.4. The molecule has 0 bridgehead atoms. The minimum absolute atomic E-state index is 0.0743. The van der Waals surface area contributed by atoms with Crippen LogP contribution in [0.25, 0.3) is 0 Å². The molecule has 2 saturated carbocycles. The number of rotatable bonds is 15. The molecule has 3 fully saturated rings. The Morgan fingerprint density at radius 1 is 0.774 bits per heavy atom.